The first-order chi connectivity index (χ1) is 7.58. The van der Waals surface area contributed by atoms with E-state index < -0.39 is 0 Å². The van der Waals surface area contributed by atoms with Gasteiger partial charge >= 0.3 is 0 Å². The van der Waals surface area contributed by atoms with Gasteiger partial charge in [0.05, 0.1) is 12.3 Å². The lowest BCUT2D eigenvalue weighted by Gasteiger charge is -2.19. The molecule has 16 heavy (non-hydrogen) atoms. The third-order valence-electron chi connectivity index (χ3n) is 2.88. The van der Waals surface area contributed by atoms with Gasteiger partial charge in [-0.1, -0.05) is 20.8 Å². The molecule has 0 spiro atoms. The van der Waals surface area contributed by atoms with E-state index in [1.807, 2.05) is 17.9 Å². The number of nitrogens with zero attached hydrogens (tertiary/aromatic N) is 2. The van der Waals surface area contributed by atoms with Gasteiger partial charge in [-0.05, 0) is 12.3 Å². The number of hydrogen-bond donors (Lipinski definition) is 2. The first-order valence-electron chi connectivity index (χ1n) is 5.94. The van der Waals surface area contributed by atoms with E-state index in [1.165, 1.54) is 5.56 Å². The maximum atomic E-state index is 9.22. The molecule has 4 nitrogen and oxygen atoms in total. The third-order valence-corrected chi connectivity index (χ3v) is 2.88. The summed E-state index contributed by atoms with van der Waals surface area (Å²) in [5, 5.41) is 17.0. The van der Waals surface area contributed by atoms with Crippen LogP contribution in [-0.4, -0.2) is 27.5 Å². The smallest absolute Gasteiger partial charge is 0.0666 e. The second kappa shape index (κ2) is 6.01. The molecular formula is C12H23N3O. The van der Waals surface area contributed by atoms with Crippen LogP contribution in [0.2, 0.25) is 0 Å². The highest BCUT2D eigenvalue weighted by atomic mass is 16.3. The molecule has 4 heteroatoms. The van der Waals surface area contributed by atoms with Crippen molar-refractivity contribution in [3.8, 4) is 0 Å². The Morgan fingerprint density at radius 2 is 2.19 bits per heavy atom. The van der Waals surface area contributed by atoms with Gasteiger partial charge in [0.15, 0.2) is 0 Å². The molecule has 1 aromatic heterocycles. The number of hydrogen-bond acceptors (Lipinski definition) is 3. The van der Waals surface area contributed by atoms with Gasteiger partial charge in [0.25, 0.3) is 0 Å². The van der Waals surface area contributed by atoms with E-state index in [1.54, 1.807) is 0 Å². The first-order valence-corrected chi connectivity index (χ1v) is 5.94. The van der Waals surface area contributed by atoms with E-state index in [2.05, 4.69) is 31.2 Å². The minimum atomic E-state index is 0.157. The SMILES string of the molecule is CCc1nn(C)cc1CN[C@H](CO)C(C)C. The lowest BCUT2D eigenvalue weighted by atomic mass is 10.1. The van der Waals surface area contributed by atoms with Crippen molar-refractivity contribution >= 4 is 0 Å². The van der Waals surface area contributed by atoms with Gasteiger partial charge in [0, 0.05) is 31.4 Å². The Kier molecular flexibility index (Phi) is 4.96. The number of aliphatic hydroxyl groups excluding tert-OH is 1. The van der Waals surface area contributed by atoms with E-state index in [-0.39, 0.29) is 12.6 Å². The normalized spacial score (nSPS) is 13.4. The van der Waals surface area contributed by atoms with Crippen LogP contribution in [0.15, 0.2) is 6.20 Å². The fourth-order valence-electron chi connectivity index (χ4n) is 1.78. The molecule has 0 saturated carbocycles. The summed E-state index contributed by atoms with van der Waals surface area (Å²) < 4.78 is 1.85. The van der Waals surface area contributed by atoms with Crippen LogP contribution in [0.25, 0.3) is 0 Å². The van der Waals surface area contributed by atoms with Crippen molar-refractivity contribution < 1.29 is 5.11 Å². The molecule has 0 aliphatic heterocycles. The second-order valence-corrected chi connectivity index (χ2v) is 4.54. The van der Waals surface area contributed by atoms with Crippen molar-refractivity contribution in [2.75, 3.05) is 6.61 Å². The Labute approximate surface area is 97.7 Å². The summed E-state index contributed by atoms with van der Waals surface area (Å²) in [5.74, 6) is 0.437. The molecule has 0 fully saturated rings. The summed E-state index contributed by atoms with van der Waals surface area (Å²) >= 11 is 0. The monoisotopic (exact) mass is 225 g/mol. The van der Waals surface area contributed by atoms with Gasteiger partial charge < -0.3 is 10.4 Å². The Hall–Kier alpha value is -0.870. The summed E-state index contributed by atoms with van der Waals surface area (Å²) in [6.07, 6.45) is 2.99. The maximum Gasteiger partial charge on any atom is 0.0666 e. The number of nitrogens with one attached hydrogen (secondary N) is 1. The molecule has 1 rings (SSSR count). The van der Waals surface area contributed by atoms with E-state index in [9.17, 15) is 5.11 Å². The van der Waals surface area contributed by atoms with Crippen LogP contribution in [0.4, 0.5) is 0 Å². The molecule has 0 amide bonds. The predicted octanol–water partition coefficient (Wildman–Crippen LogP) is 1.09. The van der Waals surface area contributed by atoms with Crippen LogP contribution < -0.4 is 5.32 Å². The van der Waals surface area contributed by atoms with E-state index in [0.717, 1.165) is 18.7 Å². The summed E-state index contributed by atoms with van der Waals surface area (Å²) in [7, 11) is 1.94. The molecule has 1 aromatic rings. The van der Waals surface area contributed by atoms with Gasteiger partial charge in [0.1, 0.15) is 0 Å². The lowest BCUT2D eigenvalue weighted by Crippen LogP contribution is -2.36. The van der Waals surface area contributed by atoms with Gasteiger partial charge in [-0.25, -0.2) is 0 Å². The van der Waals surface area contributed by atoms with Crippen molar-refractivity contribution in [3.63, 3.8) is 0 Å². The molecule has 1 atom stereocenters. The largest absolute Gasteiger partial charge is 0.395 e. The Morgan fingerprint density at radius 1 is 1.50 bits per heavy atom. The molecule has 0 bridgehead atoms. The van der Waals surface area contributed by atoms with E-state index in [0.29, 0.717) is 5.92 Å². The predicted molar refractivity (Wildman–Crippen MR) is 65.1 cm³/mol. The van der Waals surface area contributed by atoms with Gasteiger partial charge in [0.2, 0.25) is 0 Å². The summed E-state index contributed by atoms with van der Waals surface area (Å²) in [6, 6.07) is 0.157. The van der Waals surface area contributed by atoms with Crippen LogP contribution in [0.1, 0.15) is 32.0 Å². The molecule has 92 valence electrons. The number of aromatic nitrogens is 2. The molecule has 0 aliphatic carbocycles. The minimum Gasteiger partial charge on any atom is -0.395 e. The van der Waals surface area contributed by atoms with Crippen LogP contribution in [-0.2, 0) is 20.0 Å². The van der Waals surface area contributed by atoms with Gasteiger partial charge in [-0.2, -0.15) is 5.10 Å². The van der Waals surface area contributed by atoms with Crippen LogP contribution in [0.3, 0.4) is 0 Å². The number of rotatable bonds is 6. The molecule has 2 N–H and O–H groups in total. The number of aryl methyl sites for hydroxylation is 2. The third kappa shape index (κ3) is 3.32. The minimum absolute atomic E-state index is 0.157. The van der Waals surface area contributed by atoms with E-state index in [4.69, 9.17) is 0 Å². The van der Waals surface area contributed by atoms with Gasteiger partial charge in [-0.3, -0.25) is 4.68 Å². The van der Waals surface area contributed by atoms with Crippen molar-refractivity contribution in [1.82, 2.24) is 15.1 Å². The molecular weight excluding hydrogens is 202 g/mol. The molecule has 0 unspecified atom stereocenters. The Morgan fingerprint density at radius 3 is 2.69 bits per heavy atom. The zero-order chi connectivity index (χ0) is 12.1. The first kappa shape index (κ1) is 13.2. The van der Waals surface area contributed by atoms with Crippen LogP contribution >= 0.6 is 0 Å². The van der Waals surface area contributed by atoms with Crippen molar-refractivity contribution in [1.29, 1.82) is 0 Å². The molecule has 0 aromatic carbocycles. The van der Waals surface area contributed by atoms with Crippen molar-refractivity contribution in [2.45, 2.75) is 39.8 Å². The average Bonchev–Trinajstić information content (AvgIpc) is 2.59. The summed E-state index contributed by atoms with van der Waals surface area (Å²) in [5.41, 5.74) is 2.36. The fourth-order valence-corrected chi connectivity index (χ4v) is 1.78. The quantitative estimate of drug-likeness (QED) is 0.762. The Balaban J connectivity index is 2.59. The Bertz CT molecular complexity index is 320. The topological polar surface area (TPSA) is 50.1 Å². The summed E-state index contributed by atoms with van der Waals surface area (Å²) in [6.45, 7) is 7.29. The number of aliphatic hydroxyl groups is 1. The maximum absolute atomic E-state index is 9.22. The molecule has 1 heterocycles. The highest BCUT2D eigenvalue weighted by molar-refractivity contribution is 5.16. The molecule has 0 saturated heterocycles. The highest BCUT2D eigenvalue weighted by Gasteiger charge is 2.13. The van der Waals surface area contributed by atoms with Crippen LogP contribution in [0, 0.1) is 5.92 Å². The molecule has 0 aliphatic rings. The summed E-state index contributed by atoms with van der Waals surface area (Å²) in [4.78, 5) is 0. The molecule has 0 radical (unpaired) electrons. The average molecular weight is 225 g/mol. The zero-order valence-electron chi connectivity index (χ0n) is 10.7. The highest BCUT2D eigenvalue weighted by Crippen LogP contribution is 2.08. The van der Waals surface area contributed by atoms with Gasteiger partial charge in [-0.15, -0.1) is 0 Å². The second-order valence-electron chi connectivity index (χ2n) is 4.54. The van der Waals surface area contributed by atoms with Crippen LogP contribution in [0.5, 0.6) is 0 Å². The fraction of sp³-hybridized carbons (Fsp3) is 0.750. The van der Waals surface area contributed by atoms with Crippen molar-refractivity contribution in [3.05, 3.63) is 17.5 Å². The standard InChI is InChI=1S/C12H23N3O/c1-5-11-10(7-15(4)14-11)6-13-12(8-16)9(2)3/h7,9,12-13,16H,5-6,8H2,1-4H3/t12-/m1/s1. The van der Waals surface area contributed by atoms with Crippen molar-refractivity contribution in [2.24, 2.45) is 13.0 Å². The van der Waals surface area contributed by atoms with E-state index >= 15 is 0 Å². The lowest BCUT2D eigenvalue weighted by molar-refractivity contribution is 0.210. The zero-order valence-corrected chi connectivity index (χ0v) is 10.7.